The van der Waals surface area contributed by atoms with Crippen molar-refractivity contribution in [3.8, 4) is 11.8 Å². The summed E-state index contributed by atoms with van der Waals surface area (Å²) >= 11 is 1.38. The van der Waals surface area contributed by atoms with Crippen LogP contribution in [0.4, 0.5) is 5.00 Å². The van der Waals surface area contributed by atoms with Crippen LogP contribution in [-0.4, -0.2) is 26.1 Å². The molecular formula is C21H20N2O4S. The van der Waals surface area contributed by atoms with Gasteiger partial charge in [-0.15, -0.1) is 11.3 Å². The second-order valence-electron chi connectivity index (χ2n) is 6.31. The van der Waals surface area contributed by atoms with Gasteiger partial charge in [0.25, 0.3) is 5.91 Å². The molecule has 0 spiro atoms. The van der Waals surface area contributed by atoms with Crippen molar-refractivity contribution < 1.29 is 19.1 Å². The zero-order valence-electron chi connectivity index (χ0n) is 15.7. The Morgan fingerprint density at radius 2 is 2.04 bits per heavy atom. The number of anilines is 1. The average Bonchev–Trinajstić information content (AvgIpc) is 3.09. The number of ether oxygens (including phenoxy) is 2. The molecule has 6 nitrogen and oxygen atoms in total. The van der Waals surface area contributed by atoms with Crippen molar-refractivity contribution in [1.29, 1.82) is 5.26 Å². The van der Waals surface area contributed by atoms with Crippen LogP contribution in [0.1, 0.15) is 39.2 Å². The van der Waals surface area contributed by atoms with Gasteiger partial charge in [0.15, 0.2) is 0 Å². The lowest BCUT2D eigenvalue weighted by Crippen LogP contribution is -2.16. The number of nitrogens with one attached hydrogen (secondary N) is 1. The third-order valence-corrected chi connectivity index (χ3v) is 5.76. The number of carbonyl (C=O) groups is 2. The predicted octanol–water partition coefficient (Wildman–Crippen LogP) is 3.97. The second kappa shape index (κ2) is 8.72. The van der Waals surface area contributed by atoms with Gasteiger partial charge in [-0.05, 0) is 55.0 Å². The summed E-state index contributed by atoms with van der Waals surface area (Å²) in [6, 6.07) is 8.99. The molecular weight excluding hydrogens is 376 g/mol. The van der Waals surface area contributed by atoms with E-state index in [1.54, 1.807) is 31.4 Å². The molecule has 0 atom stereocenters. The fourth-order valence-electron chi connectivity index (χ4n) is 3.19. The Kier molecular flexibility index (Phi) is 6.12. The number of rotatable bonds is 5. The minimum Gasteiger partial charge on any atom is -0.497 e. The first kappa shape index (κ1) is 19.6. The molecule has 1 aromatic heterocycles. The van der Waals surface area contributed by atoms with E-state index in [4.69, 9.17) is 9.47 Å². The molecule has 0 unspecified atom stereocenters. The summed E-state index contributed by atoms with van der Waals surface area (Å²) in [5.74, 6) is -0.399. The summed E-state index contributed by atoms with van der Waals surface area (Å²) in [5, 5.41) is 12.6. The van der Waals surface area contributed by atoms with Gasteiger partial charge in [-0.2, -0.15) is 5.26 Å². The van der Waals surface area contributed by atoms with E-state index in [-0.39, 0.29) is 5.57 Å². The number of fused-ring (bicyclic) bond motifs is 1. The highest BCUT2D eigenvalue weighted by Gasteiger charge is 2.27. The SMILES string of the molecule is COC(=O)c1c(NC(=O)/C(C#N)=C\c2cccc(OC)c2)sc2c1CCCC2. The van der Waals surface area contributed by atoms with Gasteiger partial charge in [-0.3, -0.25) is 4.79 Å². The predicted molar refractivity (Wildman–Crippen MR) is 108 cm³/mol. The number of nitrogens with zero attached hydrogens (tertiary/aromatic N) is 1. The van der Waals surface area contributed by atoms with Gasteiger partial charge in [0, 0.05) is 4.88 Å². The van der Waals surface area contributed by atoms with Gasteiger partial charge in [-0.1, -0.05) is 12.1 Å². The van der Waals surface area contributed by atoms with Crippen LogP contribution >= 0.6 is 11.3 Å². The van der Waals surface area contributed by atoms with E-state index in [9.17, 15) is 14.9 Å². The lowest BCUT2D eigenvalue weighted by molar-refractivity contribution is -0.112. The normalized spacial score (nSPS) is 13.2. The molecule has 1 amide bonds. The number of thiophene rings is 1. The third kappa shape index (κ3) is 4.07. The number of carbonyl (C=O) groups excluding carboxylic acids is 2. The van der Waals surface area contributed by atoms with Crippen LogP contribution in [0, 0.1) is 11.3 Å². The smallest absolute Gasteiger partial charge is 0.341 e. The van der Waals surface area contributed by atoms with Crippen molar-refractivity contribution in [3.05, 3.63) is 51.4 Å². The summed E-state index contributed by atoms with van der Waals surface area (Å²) in [6.45, 7) is 0. The molecule has 2 aromatic rings. The van der Waals surface area contributed by atoms with E-state index in [1.165, 1.54) is 24.5 Å². The monoisotopic (exact) mass is 396 g/mol. The minimum atomic E-state index is -0.561. The van der Waals surface area contributed by atoms with E-state index in [1.807, 2.05) is 6.07 Å². The van der Waals surface area contributed by atoms with Crippen molar-refractivity contribution in [2.24, 2.45) is 0 Å². The van der Waals surface area contributed by atoms with Crippen molar-refractivity contribution in [1.82, 2.24) is 0 Å². The lowest BCUT2D eigenvalue weighted by Gasteiger charge is -2.11. The standard InChI is InChI=1S/C21H20N2O4S/c1-26-15-7-5-6-13(11-15)10-14(12-22)19(24)23-20-18(21(25)27-2)16-8-3-4-9-17(16)28-20/h5-7,10-11H,3-4,8-9H2,1-2H3,(H,23,24)/b14-10-. The van der Waals surface area contributed by atoms with Gasteiger partial charge in [0.2, 0.25) is 0 Å². The molecule has 7 heteroatoms. The van der Waals surface area contributed by atoms with Crippen LogP contribution in [0.5, 0.6) is 5.75 Å². The van der Waals surface area contributed by atoms with Crippen LogP contribution in [0.25, 0.3) is 6.08 Å². The Balaban J connectivity index is 1.91. The Hall–Kier alpha value is -3.11. The molecule has 0 saturated carbocycles. The van der Waals surface area contributed by atoms with Crippen LogP contribution in [0.15, 0.2) is 29.8 Å². The largest absolute Gasteiger partial charge is 0.497 e. The third-order valence-electron chi connectivity index (χ3n) is 4.56. The average molecular weight is 396 g/mol. The van der Waals surface area contributed by atoms with Crippen molar-refractivity contribution >= 4 is 34.3 Å². The highest BCUT2D eigenvalue weighted by Crippen LogP contribution is 2.38. The van der Waals surface area contributed by atoms with E-state index in [0.29, 0.717) is 21.9 Å². The molecule has 0 radical (unpaired) electrons. The number of nitriles is 1. The molecule has 3 rings (SSSR count). The van der Waals surface area contributed by atoms with Gasteiger partial charge < -0.3 is 14.8 Å². The fraction of sp³-hybridized carbons (Fsp3) is 0.286. The van der Waals surface area contributed by atoms with Crippen molar-refractivity contribution in [3.63, 3.8) is 0 Å². The Morgan fingerprint density at radius 3 is 2.75 bits per heavy atom. The zero-order chi connectivity index (χ0) is 20.1. The number of hydrogen-bond donors (Lipinski definition) is 1. The lowest BCUT2D eigenvalue weighted by atomic mass is 9.95. The molecule has 1 heterocycles. The first-order valence-electron chi connectivity index (χ1n) is 8.87. The highest BCUT2D eigenvalue weighted by atomic mass is 32.1. The van der Waals surface area contributed by atoms with E-state index in [2.05, 4.69) is 5.32 Å². The van der Waals surface area contributed by atoms with Crippen LogP contribution in [0.3, 0.4) is 0 Å². The summed E-state index contributed by atoms with van der Waals surface area (Å²) in [5.41, 5.74) is 1.98. The van der Waals surface area contributed by atoms with E-state index >= 15 is 0 Å². The summed E-state index contributed by atoms with van der Waals surface area (Å²) in [7, 11) is 2.87. The number of methoxy groups -OCH3 is 2. The van der Waals surface area contributed by atoms with Crippen molar-refractivity contribution in [2.45, 2.75) is 25.7 Å². The molecule has 0 saturated heterocycles. The Bertz CT molecular complexity index is 985. The molecule has 144 valence electrons. The van der Waals surface area contributed by atoms with Crippen LogP contribution < -0.4 is 10.1 Å². The molecule has 1 N–H and O–H groups in total. The number of benzene rings is 1. The van der Waals surface area contributed by atoms with E-state index in [0.717, 1.165) is 36.1 Å². The van der Waals surface area contributed by atoms with Gasteiger partial charge >= 0.3 is 5.97 Å². The molecule has 0 fully saturated rings. The minimum absolute atomic E-state index is 0.0598. The van der Waals surface area contributed by atoms with Crippen molar-refractivity contribution in [2.75, 3.05) is 19.5 Å². The van der Waals surface area contributed by atoms with E-state index < -0.39 is 11.9 Å². The molecule has 0 bridgehead atoms. The zero-order valence-corrected chi connectivity index (χ0v) is 16.5. The van der Waals surface area contributed by atoms with Gasteiger partial charge in [0.1, 0.15) is 22.4 Å². The molecule has 1 aliphatic carbocycles. The second-order valence-corrected chi connectivity index (χ2v) is 7.41. The first-order chi connectivity index (χ1) is 13.6. The fourth-order valence-corrected chi connectivity index (χ4v) is 4.46. The maximum Gasteiger partial charge on any atom is 0.341 e. The highest BCUT2D eigenvalue weighted by molar-refractivity contribution is 7.17. The van der Waals surface area contributed by atoms with Crippen LogP contribution in [0.2, 0.25) is 0 Å². The van der Waals surface area contributed by atoms with Gasteiger partial charge in [0.05, 0.1) is 19.8 Å². The summed E-state index contributed by atoms with van der Waals surface area (Å²) < 4.78 is 10.1. The molecule has 28 heavy (non-hydrogen) atoms. The molecule has 1 aliphatic rings. The number of amides is 1. The van der Waals surface area contributed by atoms with Gasteiger partial charge in [-0.25, -0.2) is 4.79 Å². The summed E-state index contributed by atoms with van der Waals surface area (Å²) in [4.78, 5) is 26.1. The topological polar surface area (TPSA) is 88.4 Å². The Labute approximate surface area is 167 Å². The quantitative estimate of drug-likeness (QED) is 0.469. The molecule has 0 aliphatic heterocycles. The molecule has 1 aromatic carbocycles. The number of aryl methyl sites for hydroxylation is 1. The maximum absolute atomic E-state index is 12.7. The number of esters is 1. The number of hydrogen-bond acceptors (Lipinski definition) is 6. The first-order valence-corrected chi connectivity index (χ1v) is 9.69. The maximum atomic E-state index is 12.7. The van der Waals surface area contributed by atoms with Crippen LogP contribution in [-0.2, 0) is 22.4 Å². The summed E-state index contributed by atoms with van der Waals surface area (Å²) in [6.07, 6.45) is 5.21. The Morgan fingerprint density at radius 1 is 1.25 bits per heavy atom.